The maximum Gasteiger partial charge on any atom is 0.274 e. The van der Waals surface area contributed by atoms with Gasteiger partial charge in [-0.3, -0.25) is 4.79 Å². The summed E-state index contributed by atoms with van der Waals surface area (Å²) in [6, 6.07) is 5.13. The molecule has 2 aromatic rings. The zero-order valence-electron chi connectivity index (χ0n) is 12.6. The smallest absolute Gasteiger partial charge is 0.274 e. The molecule has 1 amide bonds. The summed E-state index contributed by atoms with van der Waals surface area (Å²) in [7, 11) is 2.05. The number of piperazine rings is 1. The fraction of sp³-hybridized carbons (Fsp3) is 0.429. The normalized spacial score (nSPS) is 15.8. The van der Waals surface area contributed by atoms with Gasteiger partial charge in [0.05, 0.1) is 0 Å². The average molecular weight is 302 g/mol. The largest absolute Gasteiger partial charge is 0.360 e. The topological polar surface area (TPSA) is 87.4 Å². The molecule has 1 fully saturated rings. The third kappa shape index (κ3) is 3.22. The van der Waals surface area contributed by atoms with Gasteiger partial charge in [0.25, 0.3) is 5.91 Å². The molecule has 3 rings (SSSR count). The Kier molecular flexibility index (Phi) is 4.01. The minimum absolute atomic E-state index is 0.0792. The second kappa shape index (κ2) is 6.10. The molecular formula is C14H18N6O2. The van der Waals surface area contributed by atoms with Gasteiger partial charge in [-0.1, -0.05) is 5.16 Å². The number of carbonyl (C=O) groups is 1. The molecule has 8 heteroatoms. The summed E-state index contributed by atoms with van der Waals surface area (Å²) in [5.41, 5.74) is 0.353. The number of amides is 1. The highest BCUT2D eigenvalue weighted by Gasteiger charge is 2.21. The Morgan fingerprint density at radius 1 is 1.18 bits per heavy atom. The minimum atomic E-state index is -0.0792. The van der Waals surface area contributed by atoms with Crippen molar-refractivity contribution in [2.45, 2.75) is 6.92 Å². The number of rotatable bonds is 3. The molecule has 22 heavy (non-hydrogen) atoms. The van der Waals surface area contributed by atoms with Gasteiger partial charge in [-0.25, -0.2) is 0 Å². The zero-order valence-corrected chi connectivity index (χ0v) is 12.6. The van der Waals surface area contributed by atoms with Gasteiger partial charge in [0.15, 0.2) is 17.3 Å². The van der Waals surface area contributed by atoms with Crippen molar-refractivity contribution < 1.29 is 9.32 Å². The van der Waals surface area contributed by atoms with Crippen molar-refractivity contribution >= 4 is 17.5 Å². The van der Waals surface area contributed by atoms with Crippen LogP contribution in [0.1, 0.15) is 16.2 Å². The summed E-state index contributed by atoms with van der Waals surface area (Å²) in [5, 5.41) is 14.8. The van der Waals surface area contributed by atoms with Gasteiger partial charge in [-0.15, -0.1) is 10.2 Å². The SMILES string of the molecule is Cc1cc(Nc2ccc(C(=O)N3CCN(C)CC3)nn2)no1. The van der Waals surface area contributed by atoms with Crippen LogP contribution in [0.15, 0.2) is 22.7 Å². The average Bonchev–Trinajstić information content (AvgIpc) is 2.93. The number of nitrogens with zero attached hydrogens (tertiary/aromatic N) is 5. The van der Waals surface area contributed by atoms with Crippen LogP contribution in [0, 0.1) is 6.92 Å². The molecule has 3 heterocycles. The van der Waals surface area contributed by atoms with E-state index < -0.39 is 0 Å². The lowest BCUT2D eigenvalue weighted by Gasteiger charge is -2.32. The van der Waals surface area contributed by atoms with Crippen molar-refractivity contribution in [1.82, 2.24) is 25.2 Å². The van der Waals surface area contributed by atoms with Crippen molar-refractivity contribution in [2.24, 2.45) is 0 Å². The van der Waals surface area contributed by atoms with Crippen LogP contribution >= 0.6 is 0 Å². The Labute approximate surface area is 128 Å². The summed E-state index contributed by atoms with van der Waals surface area (Å²) in [4.78, 5) is 16.3. The Morgan fingerprint density at radius 3 is 2.55 bits per heavy atom. The first-order chi connectivity index (χ1) is 10.6. The highest BCUT2D eigenvalue weighted by Crippen LogP contribution is 2.14. The Bertz CT molecular complexity index is 646. The van der Waals surface area contributed by atoms with E-state index >= 15 is 0 Å². The Hall–Kier alpha value is -2.48. The molecule has 116 valence electrons. The summed E-state index contributed by atoms with van der Waals surface area (Å²) < 4.78 is 4.96. The molecule has 0 saturated carbocycles. The summed E-state index contributed by atoms with van der Waals surface area (Å²) in [6.45, 7) is 5.00. The molecule has 1 aliphatic heterocycles. The van der Waals surface area contributed by atoms with E-state index in [1.165, 1.54) is 0 Å². The number of nitrogens with one attached hydrogen (secondary N) is 1. The van der Waals surface area contributed by atoms with Crippen molar-refractivity contribution in [3.8, 4) is 0 Å². The Balaban J connectivity index is 1.64. The highest BCUT2D eigenvalue weighted by atomic mass is 16.5. The maximum atomic E-state index is 12.3. The van der Waals surface area contributed by atoms with E-state index in [0.717, 1.165) is 26.2 Å². The fourth-order valence-corrected chi connectivity index (χ4v) is 2.24. The van der Waals surface area contributed by atoms with Crippen LogP contribution in [-0.4, -0.2) is 64.3 Å². The Morgan fingerprint density at radius 2 is 1.95 bits per heavy atom. The van der Waals surface area contributed by atoms with Crippen LogP contribution in [0.3, 0.4) is 0 Å². The number of aryl methyl sites for hydroxylation is 1. The van der Waals surface area contributed by atoms with Crippen molar-refractivity contribution in [1.29, 1.82) is 0 Å². The van der Waals surface area contributed by atoms with Crippen LogP contribution in [0.25, 0.3) is 0 Å². The van der Waals surface area contributed by atoms with Crippen LogP contribution in [0.5, 0.6) is 0 Å². The van der Waals surface area contributed by atoms with Gasteiger partial charge >= 0.3 is 0 Å². The van der Waals surface area contributed by atoms with Gasteiger partial charge in [-0.2, -0.15) is 0 Å². The molecule has 0 bridgehead atoms. The van der Waals surface area contributed by atoms with E-state index in [4.69, 9.17) is 4.52 Å². The number of aromatic nitrogens is 3. The third-order valence-electron chi connectivity index (χ3n) is 3.56. The molecule has 0 atom stereocenters. The van der Waals surface area contributed by atoms with E-state index in [1.807, 2.05) is 14.0 Å². The van der Waals surface area contributed by atoms with Crippen molar-refractivity contribution in [3.63, 3.8) is 0 Å². The van der Waals surface area contributed by atoms with E-state index in [-0.39, 0.29) is 5.91 Å². The lowest BCUT2D eigenvalue weighted by atomic mass is 10.3. The van der Waals surface area contributed by atoms with Crippen LogP contribution in [0.2, 0.25) is 0 Å². The summed E-state index contributed by atoms with van der Waals surface area (Å²) >= 11 is 0. The van der Waals surface area contributed by atoms with Gasteiger partial charge in [0.1, 0.15) is 5.76 Å². The number of hydrogen-bond acceptors (Lipinski definition) is 7. The summed E-state index contributed by atoms with van der Waals surface area (Å²) in [6.07, 6.45) is 0. The van der Waals surface area contributed by atoms with Crippen LogP contribution < -0.4 is 5.32 Å². The van der Waals surface area contributed by atoms with E-state index in [9.17, 15) is 4.79 Å². The molecule has 0 radical (unpaired) electrons. The number of carbonyl (C=O) groups excluding carboxylic acids is 1. The molecular weight excluding hydrogens is 284 g/mol. The fourth-order valence-electron chi connectivity index (χ4n) is 2.24. The lowest BCUT2D eigenvalue weighted by molar-refractivity contribution is 0.0657. The molecule has 2 aromatic heterocycles. The molecule has 8 nitrogen and oxygen atoms in total. The predicted molar refractivity (Wildman–Crippen MR) is 80.0 cm³/mol. The number of hydrogen-bond donors (Lipinski definition) is 1. The van der Waals surface area contributed by atoms with Gasteiger partial charge < -0.3 is 19.6 Å². The molecule has 0 aliphatic carbocycles. The zero-order chi connectivity index (χ0) is 15.5. The van der Waals surface area contributed by atoms with Gasteiger partial charge in [-0.05, 0) is 26.1 Å². The highest BCUT2D eigenvalue weighted by molar-refractivity contribution is 5.92. The summed E-state index contributed by atoms with van der Waals surface area (Å²) in [5.74, 6) is 1.70. The number of anilines is 2. The first kappa shape index (κ1) is 14.5. The van der Waals surface area contributed by atoms with E-state index in [0.29, 0.717) is 23.1 Å². The monoisotopic (exact) mass is 302 g/mol. The van der Waals surface area contributed by atoms with E-state index in [1.54, 1.807) is 23.1 Å². The van der Waals surface area contributed by atoms with Crippen LogP contribution in [-0.2, 0) is 0 Å². The molecule has 0 spiro atoms. The standard InChI is InChI=1S/C14H18N6O2/c1-10-9-13(18-22-10)15-12-4-3-11(16-17-12)14(21)20-7-5-19(2)6-8-20/h3-4,9H,5-8H2,1-2H3,(H,15,17,18). The second-order valence-corrected chi connectivity index (χ2v) is 5.35. The second-order valence-electron chi connectivity index (χ2n) is 5.35. The van der Waals surface area contributed by atoms with Gasteiger partial charge in [0.2, 0.25) is 0 Å². The van der Waals surface area contributed by atoms with Crippen molar-refractivity contribution in [3.05, 3.63) is 29.7 Å². The number of likely N-dealkylation sites (N-methyl/N-ethyl adjacent to an activating group) is 1. The van der Waals surface area contributed by atoms with Gasteiger partial charge in [0, 0.05) is 32.2 Å². The van der Waals surface area contributed by atoms with Crippen molar-refractivity contribution in [2.75, 3.05) is 38.5 Å². The third-order valence-corrected chi connectivity index (χ3v) is 3.56. The molecule has 1 N–H and O–H groups in total. The molecule has 0 aromatic carbocycles. The quantitative estimate of drug-likeness (QED) is 0.901. The maximum absolute atomic E-state index is 12.3. The first-order valence-corrected chi connectivity index (χ1v) is 7.14. The van der Waals surface area contributed by atoms with E-state index in [2.05, 4.69) is 25.6 Å². The van der Waals surface area contributed by atoms with Crippen LogP contribution in [0.4, 0.5) is 11.6 Å². The molecule has 0 unspecified atom stereocenters. The minimum Gasteiger partial charge on any atom is -0.360 e. The molecule has 1 aliphatic rings. The molecule has 1 saturated heterocycles. The first-order valence-electron chi connectivity index (χ1n) is 7.14. The lowest BCUT2D eigenvalue weighted by Crippen LogP contribution is -2.47. The predicted octanol–water partition coefficient (Wildman–Crippen LogP) is 0.904.